The van der Waals surface area contributed by atoms with Crippen LogP contribution in [0, 0.1) is 5.92 Å². The molecular weight excluding hydrogens is 444 g/mol. The van der Waals surface area contributed by atoms with Crippen molar-refractivity contribution in [3.05, 3.63) is 59.2 Å². The summed E-state index contributed by atoms with van der Waals surface area (Å²) in [5.74, 6) is -1.32. The summed E-state index contributed by atoms with van der Waals surface area (Å²) in [4.78, 5) is 11.4. The van der Waals surface area contributed by atoms with Crippen LogP contribution in [-0.4, -0.2) is 67.3 Å². The van der Waals surface area contributed by atoms with Gasteiger partial charge in [-0.25, -0.2) is 4.79 Å². The van der Waals surface area contributed by atoms with E-state index in [2.05, 4.69) is 0 Å². The molecule has 9 nitrogen and oxygen atoms in total. The third-order valence-electron chi connectivity index (χ3n) is 5.21. The van der Waals surface area contributed by atoms with Crippen molar-refractivity contribution in [2.45, 2.75) is 44.6 Å². The molecule has 0 aromatic heterocycles. The molecule has 2 unspecified atom stereocenters. The zero-order valence-electron chi connectivity index (χ0n) is 18.6. The molecule has 9 heteroatoms. The van der Waals surface area contributed by atoms with Crippen molar-refractivity contribution >= 4 is 24.2 Å². The number of aliphatic carboxylic acids is 1. The highest BCUT2D eigenvalue weighted by Crippen LogP contribution is 2.35. The average molecular weight is 472 g/mol. The monoisotopic (exact) mass is 472 g/mol. The molecule has 0 amide bonds. The second-order valence-corrected chi connectivity index (χ2v) is 8.33. The number of aliphatic hydroxyl groups is 3. The van der Waals surface area contributed by atoms with Gasteiger partial charge in [-0.2, -0.15) is 0 Å². The zero-order valence-corrected chi connectivity index (χ0v) is 18.6. The fourth-order valence-electron chi connectivity index (χ4n) is 3.33. The van der Waals surface area contributed by atoms with Gasteiger partial charge in [0, 0.05) is 0 Å². The molecule has 0 radical (unpaired) electrons. The molecule has 0 saturated carbocycles. The summed E-state index contributed by atoms with van der Waals surface area (Å²) in [5.41, 5.74) is 1.57. The highest BCUT2D eigenvalue weighted by atomic mass is 16.7. The van der Waals surface area contributed by atoms with Crippen LogP contribution in [0.1, 0.15) is 30.5 Å². The molecule has 182 valence electrons. The van der Waals surface area contributed by atoms with Crippen molar-refractivity contribution in [3.8, 4) is 17.2 Å². The summed E-state index contributed by atoms with van der Waals surface area (Å²) in [6.07, 6.45) is -1.99. The lowest BCUT2D eigenvalue weighted by Gasteiger charge is -2.38. The minimum absolute atomic E-state index is 0.0686. The first kappa shape index (κ1) is 25.3. The normalized spacial score (nSPS) is 25.3. The Balaban J connectivity index is 1.97. The van der Waals surface area contributed by atoms with Crippen LogP contribution < -0.4 is 4.74 Å². The molecule has 34 heavy (non-hydrogen) atoms. The Morgan fingerprint density at radius 1 is 0.941 bits per heavy atom. The number of phenols is 2. The fraction of sp³-hybridized carbons (Fsp3) is 0.320. The van der Waals surface area contributed by atoms with Gasteiger partial charge in [0.25, 0.3) is 0 Å². The Morgan fingerprint density at radius 3 is 2.21 bits per heavy atom. The number of carboxylic acids is 1. The minimum atomic E-state index is -1.85. The second-order valence-electron chi connectivity index (χ2n) is 8.33. The van der Waals surface area contributed by atoms with Crippen molar-refractivity contribution in [1.82, 2.24) is 0 Å². The third-order valence-corrected chi connectivity index (χ3v) is 5.21. The van der Waals surface area contributed by atoms with Crippen molar-refractivity contribution < 1.29 is 44.9 Å². The van der Waals surface area contributed by atoms with E-state index in [-0.39, 0.29) is 28.7 Å². The van der Waals surface area contributed by atoms with Gasteiger partial charge in [-0.1, -0.05) is 50.3 Å². The smallest absolute Gasteiger partial charge is 0.335 e. The number of rotatable bonds is 7. The van der Waals surface area contributed by atoms with Gasteiger partial charge >= 0.3 is 5.97 Å². The van der Waals surface area contributed by atoms with Gasteiger partial charge in [0.2, 0.25) is 6.29 Å². The average Bonchev–Trinajstić information content (AvgIpc) is 2.78. The number of aromatic hydroxyl groups is 2. The molecule has 3 rings (SSSR count). The largest absolute Gasteiger partial charge is 0.508 e. The number of carboxylic acid groups (broad SMARTS) is 1. The molecule has 0 spiro atoms. The van der Waals surface area contributed by atoms with E-state index >= 15 is 0 Å². The molecule has 1 fully saturated rings. The molecule has 2 aromatic carbocycles. The summed E-state index contributed by atoms with van der Waals surface area (Å²) in [7, 11) is 0. The number of allylic oxidation sites excluding steroid dienone is 1. The van der Waals surface area contributed by atoms with Crippen molar-refractivity contribution in [3.63, 3.8) is 0 Å². The SMILES string of the molecule is CC(C)C=Cc1c(O)cc(C=Cc2ccc(O)cc2)cc1O[C@@H]1OC(C(=O)O)[C@@H](O)[C@H](O)C1O. The van der Waals surface area contributed by atoms with E-state index < -0.39 is 36.7 Å². The molecule has 0 bridgehead atoms. The molecule has 1 aliphatic rings. The van der Waals surface area contributed by atoms with E-state index in [9.17, 15) is 35.4 Å². The first-order chi connectivity index (χ1) is 16.1. The lowest BCUT2D eigenvalue weighted by atomic mass is 9.99. The van der Waals surface area contributed by atoms with Gasteiger partial charge in [0.15, 0.2) is 6.10 Å². The zero-order chi connectivity index (χ0) is 25.0. The Hall–Kier alpha value is -3.37. The standard InChI is InChI=1S/C25H28O9/c1-13(2)3-10-17-18(27)11-15(5-4-14-6-8-16(26)9-7-14)12-19(17)33-25-22(30)20(28)21(29)23(34-25)24(31)32/h3-13,20-23,25-30H,1-2H3,(H,31,32)/t20-,21-,22?,23?,25+/m0/s1. The summed E-state index contributed by atoms with van der Waals surface area (Å²) in [5, 5.41) is 59.7. The molecule has 0 aliphatic carbocycles. The van der Waals surface area contributed by atoms with Gasteiger partial charge in [-0.05, 0) is 41.3 Å². The van der Waals surface area contributed by atoms with E-state index in [0.717, 1.165) is 5.56 Å². The number of benzene rings is 2. The molecule has 2 aromatic rings. The van der Waals surface area contributed by atoms with Crippen LogP contribution in [0.25, 0.3) is 18.2 Å². The van der Waals surface area contributed by atoms with Gasteiger partial charge in [0.05, 0.1) is 5.56 Å². The second kappa shape index (κ2) is 10.7. The molecule has 1 aliphatic heterocycles. The number of hydrogen-bond acceptors (Lipinski definition) is 8. The Kier molecular flexibility index (Phi) is 7.95. The van der Waals surface area contributed by atoms with Crippen LogP contribution in [-0.2, 0) is 9.53 Å². The van der Waals surface area contributed by atoms with Crippen LogP contribution in [0.4, 0.5) is 0 Å². The van der Waals surface area contributed by atoms with E-state index in [1.807, 2.05) is 19.9 Å². The Bertz CT molecular complexity index is 1060. The molecule has 1 heterocycles. The van der Waals surface area contributed by atoms with Gasteiger partial charge in [-0.15, -0.1) is 0 Å². The molecule has 1 saturated heterocycles. The van der Waals surface area contributed by atoms with Crippen molar-refractivity contribution in [2.24, 2.45) is 5.92 Å². The first-order valence-electron chi connectivity index (χ1n) is 10.7. The predicted octanol–water partition coefficient (Wildman–Crippen LogP) is 2.21. The highest BCUT2D eigenvalue weighted by molar-refractivity contribution is 5.75. The highest BCUT2D eigenvalue weighted by Gasteiger charge is 2.48. The maximum atomic E-state index is 11.4. The van der Waals surface area contributed by atoms with Gasteiger partial charge in [-0.3, -0.25) is 0 Å². The topological polar surface area (TPSA) is 157 Å². The molecule has 6 N–H and O–H groups in total. The summed E-state index contributed by atoms with van der Waals surface area (Å²) >= 11 is 0. The lowest BCUT2D eigenvalue weighted by Crippen LogP contribution is -2.61. The minimum Gasteiger partial charge on any atom is -0.508 e. The third kappa shape index (κ3) is 5.95. The van der Waals surface area contributed by atoms with E-state index in [0.29, 0.717) is 5.56 Å². The quantitative estimate of drug-likeness (QED) is 0.332. The predicted molar refractivity (Wildman–Crippen MR) is 124 cm³/mol. The van der Waals surface area contributed by atoms with Crippen molar-refractivity contribution in [2.75, 3.05) is 0 Å². The van der Waals surface area contributed by atoms with Gasteiger partial charge in [0.1, 0.15) is 35.6 Å². The van der Waals surface area contributed by atoms with Crippen LogP contribution in [0.2, 0.25) is 0 Å². The summed E-state index contributed by atoms with van der Waals surface area (Å²) < 4.78 is 11.0. The van der Waals surface area contributed by atoms with Crippen LogP contribution in [0.5, 0.6) is 17.2 Å². The van der Waals surface area contributed by atoms with Crippen molar-refractivity contribution in [1.29, 1.82) is 0 Å². The number of hydrogen-bond donors (Lipinski definition) is 6. The Morgan fingerprint density at radius 2 is 1.59 bits per heavy atom. The fourth-order valence-corrected chi connectivity index (χ4v) is 3.33. The first-order valence-corrected chi connectivity index (χ1v) is 10.7. The van der Waals surface area contributed by atoms with E-state index in [1.54, 1.807) is 36.4 Å². The molecule has 5 atom stereocenters. The maximum Gasteiger partial charge on any atom is 0.335 e. The number of carbonyl (C=O) groups is 1. The lowest BCUT2D eigenvalue weighted by molar-refractivity contribution is -0.271. The maximum absolute atomic E-state index is 11.4. The summed E-state index contributed by atoms with van der Waals surface area (Å²) in [6, 6.07) is 9.53. The van der Waals surface area contributed by atoms with E-state index in [1.165, 1.54) is 18.2 Å². The summed E-state index contributed by atoms with van der Waals surface area (Å²) in [6.45, 7) is 3.87. The van der Waals surface area contributed by atoms with Crippen LogP contribution >= 0.6 is 0 Å². The number of phenolic OH excluding ortho intramolecular Hbond substituents is 2. The Labute approximate surface area is 196 Å². The van der Waals surface area contributed by atoms with Crippen LogP contribution in [0.15, 0.2) is 42.5 Å². The van der Waals surface area contributed by atoms with E-state index in [4.69, 9.17) is 9.47 Å². The number of aliphatic hydroxyl groups excluding tert-OH is 3. The van der Waals surface area contributed by atoms with Crippen LogP contribution in [0.3, 0.4) is 0 Å². The molecular formula is C25H28O9. The van der Waals surface area contributed by atoms with Gasteiger partial charge < -0.3 is 40.1 Å². The number of ether oxygens (including phenoxy) is 2.